The largest absolute Gasteiger partial charge is 0.468 e. The van der Waals surface area contributed by atoms with E-state index in [9.17, 15) is 19.2 Å². The zero-order valence-electron chi connectivity index (χ0n) is 19.1. The Morgan fingerprint density at radius 3 is 2.16 bits per heavy atom. The van der Waals surface area contributed by atoms with Gasteiger partial charge in [-0.3, -0.25) is 14.4 Å². The van der Waals surface area contributed by atoms with E-state index in [0.717, 1.165) is 0 Å². The van der Waals surface area contributed by atoms with Gasteiger partial charge in [0.25, 0.3) is 0 Å². The van der Waals surface area contributed by atoms with Crippen LogP contribution in [0.2, 0.25) is 0 Å². The summed E-state index contributed by atoms with van der Waals surface area (Å²) >= 11 is 0. The summed E-state index contributed by atoms with van der Waals surface area (Å²) in [5.41, 5.74) is -0.125. The van der Waals surface area contributed by atoms with E-state index < -0.39 is 35.5 Å². The molecule has 3 amide bonds. The molecule has 172 valence electrons. The van der Waals surface area contributed by atoms with Gasteiger partial charge in [0.2, 0.25) is 11.8 Å². The van der Waals surface area contributed by atoms with Crippen LogP contribution in [-0.2, 0) is 23.9 Å². The van der Waals surface area contributed by atoms with Crippen LogP contribution < -0.4 is 10.6 Å². The summed E-state index contributed by atoms with van der Waals surface area (Å²) in [7, 11) is 1.22. The third kappa shape index (κ3) is 8.65. The first-order valence-electron chi connectivity index (χ1n) is 10.2. The molecule has 0 fully saturated rings. The highest BCUT2D eigenvalue weighted by Gasteiger charge is 2.34. The van der Waals surface area contributed by atoms with E-state index >= 15 is 0 Å². The number of benzene rings is 1. The van der Waals surface area contributed by atoms with Crippen LogP contribution in [0.5, 0.6) is 0 Å². The maximum absolute atomic E-state index is 13.1. The molecule has 0 aliphatic heterocycles. The minimum atomic E-state index is -0.992. The molecule has 2 unspecified atom stereocenters. The van der Waals surface area contributed by atoms with E-state index in [-0.39, 0.29) is 19.1 Å². The van der Waals surface area contributed by atoms with Crippen LogP contribution in [0, 0.1) is 0 Å². The second-order valence-electron chi connectivity index (χ2n) is 8.02. The predicted molar refractivity (Wildman–Crippen MR) is 115 cm³/mol. The highest BCUT2D eigenvalue weighted by Crippen LogP contribution is 2.25. The molecule has 0 aliphatic carbocycles. The quantitative estimate of drug-likeness (QED) is 0.575. The number of ether oxygens (including phenoxy) is 2. The molecule has 0 aliphatic rings. The molecule has 0 heterocycles. The molecule has 0 saturated heterocycles. The van der Waals surface area contributed by atoms with Crippen LogP contribution in [0.1, 0.15) is 52.6 Å². The highest BCUT2D eigenvalue weighted by atomic mass is 16.6. The number of alkyl carbamates (subject to hydrolysis) is 1. The molecule has 0 bridgehead atoms. The average Bonchev–Trinajstić information content (AvgIpc) is 2.72. The molecule has 31 heavy (non-hydrogen) atoms. The molecule has 0 saturated carbocycles. The Morgan fingerprint density at radius 2 is 1.65 bits per heavy atom. The number of carbonyl (C=O) groups excluding carboxylic acids is 4. The number of esters is 1. The molecule has 1 rings (SSSR count). The van der Waals surface area contributed by atoms with Crippen LogP contribution in [-0.4, -0.2) is 60.6 Å². The zero-order valence-corrected chi connectivity index (χ0v) is 19.1. The van der Waals surface area contributed by atoms with Crippen molar-refractivity contribution in [1.82, 2.24) is 15.5 Å². The lowest BCUT2D eigenvalue weighted by molar-refractivity contribution is -0.145. The number of carbonyl (C=O) groups is 4. The van der Waals surface area contributed by atoms with Crippen molar-refractivity contribution >= 4 is 23.9 Å². The van der Waals surface area contributed by atoms with Gasteiger partial charge in [0, 0.05) is 6.04 Å². The molecular weight excluding hydrogens is 402 g/mol. The van der Waals surface area contributed by atoms with E-state index in [1.807, 2.05) is 13.8 Å². The fourth-order valence-corrected chi connectivity index (χ4v) is 2.80. The van der Waals surface area contributed by atoms with E-state index in [4.69, 9.17) is 4.74 Å². The third-order valence-corrected chi connectivity index (χ3v) is 4.41. The van der Waals surface area contributed by atoms with E-state index in [0.29, 0.717) is 12.0 Å². The Morgan fingerprint density at radius 1 is 1.03 bits per heavy atom. The number of hydrogen-bond donors (Lipinski definition) is 2. The molecule has 1 aromatic rings. The molecular formula is C22H33N3O6. The predicted octanol–water partition coefficient (Wildman–Crippen LogP) is 2.17. The first-order chi connectivity index (χ1) is 14.5. The van der Waals surface area contributed by atoms with Crippen molar-refractivity contribution in [3.05, 3.63) is 35.9 Å². The molecule has 9 heteroatoms. The second-order valence-corrected chi connectivity index (χ2v) is 8.02. The van der Waals surface area contributed by atoms with Gasteiger partial charge in [-0.05, 0) is 39.7 Å². The van der Waals surface area contributed by atoms with Gasteiger partial charge in [-0.15, -0.1) is 0 Å². The Kier molecular flexibility index (Phi) is 9.98. The lowest BCUT2D eigenvalue weighted by Crippen LogP contribution is -2.51. The number of nitrogens with one attached hydrogen (secondary N) is 2. The Bertz CT molecular complexity index is 760. The third-order valence-electron chi connectivity index (χ3n) is 4.41. The van der Waals surface area contributed by atoms with Crippen LogP contribution in [0.15, 0.2) is 30.3 Å². The summed E-state index contributed by atoms with van der Waals surface area (Å²) in [6.07, 6.45) is -0.150. The van der Waals surface area contributed by atoms with Crippen molar-refractivity contribution in [2.24, 2.45) is 0 Å². The number of amides is 3. The van der Waals surface area contributed by atoms with Crippen LogP contribution >= 0.6 is 0 Å². The van der Waals surface area contributed by atoms with Gasteiger partial charge in [0.05, 0.1) is 7.11 Å². The summed E-state index contributed by atoms with van der Waals surface area (Å²) in [6.45, 7) is 8.20. The number of hydrogen-bond acceptors (Lipinski definition) is 6. The zero-order chi connectivity index (χ0) is 23.6. The molecule has 0 radical (unpaired) electrons. The molecule has 0 aromatic heterocycles. The summed E-state index contributed by atoms with van der Waals surface area (Å²) in [5, 5.41) is 4.97. The van der Waals surface area contributed by atoms with Gasteiger partial charge in [0.1, 0.15) is 24.7 Å². The van der Waals surface area contributed by atoms with E-state index in [1.54, 1.807) is 51.1 Å². The van der Waals surface area contributed by atoms with Gasteiger partial charge in [-0.2, -0.15) is 0 Å². The monoisotopic (exact) mass is 435 g/mol. The fourth-order valence-electron chi connectivity index (χ4n) is 2.80. The minimum Gasteiger partial charge on any atom is -0.468 e. The van der Waals surface area contributed by atoms with Gasteiger partial charge in [0.15, 0.2) is 0 Å². The topological polar surface area (TPSA) is 114 Å². The minimum absolute atomic E-state index is 0.318. The van der Waals surface area contributed by atoms with Crippen LogP contribution in [0.4, 0.5) is 4.79 Å². The second kappa shape index (κ2) is 11.9. The number of nitrogens with zero attached hydrogens (tertiary/aromatic N) is 1. The van der Waals surface area contributed by atoms with Gasteiger partial charge >= 0.3 is 12.1 Å². The SMILES string of the molecule is CCC(C)N(C(=O)CNC(=O)OC(C)(C)C)C(C(=O)NCC(=O)OC)c1ccccc1. The molecule has 1 aromatic carbocycles. The Labute approximate surface area is 183 Å². The van der Waals surface area contributed by atoms with Crippen molar-refractivity contribution in [3.63, 3.8) is 0 Å². The highest BCUT2D eigenvalue weighted by molar-refractivity contribution is 5.92. The first-order valence-corrected chi connectivity index (χ1v) is 10.2. The number of rotatable bonds is 9. The summed E-state index contributed by atoms with van der Waals surface area (Å²) in [6, 6.07) is 7.46. The van der Waals surface area contributed by atoms with Crippen LogP contribution in [0.3, 0.4) is 0 Å². The normalized spacial score (nSPS) is 12.8. The maximum Gasteiger partial charge on any atom is 0.408 e. The lowest BCUT2D eigenvalue weighted by Gasteiger charge is -2.36. The standard InChI is InChI=1S/C22H33N3O6/c1-7-15(2)25(17(26)13-24-21(29)31-22(3,4)5)19(16-11-9-8-10-12-16)20(28)23-14-18(27)30-6/h8-12,15,19H,7,13-14H2,1-6H3,(H,23,28)(H,24,29). The van der Waals surface area contributed by atoms with Crippen molar-refractivity contribution in [1.29, 1.82) is 0 Å². The van der Waals surface area contributed by atoms with Gasteiger partial charge in [-0.25, -0.2) is 4.79 Å². The van der Waals surface area contributed by atoms with Gasteiger partial charge < -0.3 is 25.0 Å². The lowest BCUT2D eigenvalue weighted by atomic mass is 10.0. The molecule has 2 N–H and O–H groups in total. The first kappa shape index (κ1) is 25.9. The summed E-state index contributed by atoms with van der Waals surface area (Å²) in [4.78, 5) is 51.0. The fraction of sp³-hybridized carbons (Fsp3) is 0.545. The number of methoxy groups -OCH3 is 1. The van der Waals surface area contributed by atoms with Crippen molar-refractivity contribution in [2.75, 3.05) is 20.2 Å². The smallest absolute Gasteiger partial charge is 0.408 e. The van der Waals surface area contributed by atoms with E-state index in [2.05, 4.69) is 15.4 Å². The van der Waals surface area contributed by atoms with Crippen molar-refractivity contribution in [3.8, 4) is 0 Å². The molecule has 2 atom stereocenters. The maximum atomic E-state index is 13.1. The van der Waals surface area contributed by atoms with Gasteiger partial charge in [-0.1, -0.05) is 37.3 Å². The summed E-state index contributed by atoms with van der Waals surface area (Å²) < 4.78 is 9.74. The summed E-state index contributed by atoms with van der Waals surface area (Å²) in [5.74, 6) is -1.59. The average molecular weight is 436 g/mol. The Hall–Kier alpha value is -3.10. The van der Waals surface area contributed by atoms with Crippen molar-refractivity contribution in [2.45, 2.75) is 58.7 Å². The van der Waals surface area contributed by atoms with E-state index in [1.165, 1.54) is 12.0 Å². The molecule has 9 nitrogen and oxygen atoms in total. The Balaban J connectivity index is 3.14. The molecule has 0 spiro atoms. The van der Waals surface area contributed by atoms with Crippen molar-refractivity contribution < 1.29 is 28.7 Å². The van der Waals surface area contributed by atoms with Crippen LogP contribution in [0.25, 0.3) is 0 Å².